The zero-order valence-electron chi connectivity index (χ0n) is 23.0. The highest BCUT2D eigenvalue weighted by molar-refractivity contribution is 6.03. The highest BCUT2D eigenvalue weighted by Crippen LogP contribution is 2.36. The van der Waals surface area contributed by atoms with Gasteiger partial charge in [0.15, 0.2) is 5.65 Å². The molecule has 0 spiro atoms. The Kier molecular flexibility index (Phi) is 6.94. The van der Waals surface area contributed by atoms with E-state index in [1.54, 1.807) is 28.9 Å². The van der Waals surface area contributed by atoms with Crippen molar-refractivity contribution >= 4 is 39.9 Å². The number of alkyl halides is 3. The number of likely N-dealkylation sites (N-methyl/N-ethyl adjacent to an activating group) is 1. The number of anilines is 3. The number of nitrogen functional groups attached to an aromatic ring is 1. The molecule has 1 aliphatic rings. The molecule has 4 aromatic heterocycles. The molecule has 0 radical (unpaired) electrons. The first-order valence-corrected chi connectivity index (χ1v) is 13.3. The van der Waals surface area contributed by atoms with Crippen LogP contribution in [0.3, 0.4) is 0 Å². The van der Waals surface area contributed by atoms with Gasteiger partial charge in [-0.05, 0) is 36.9 Å². The van der Waals surface area contributed by atoms with Crippen LogP contribution in [-0.2, 0) is 19.8 Å². The first-order chi connectivity index (χ1) is 20.1. The van der Waals surface area contributed by atoms with E-state index in [1.165, 1.54) is 18.5 Å². The van der Waals surface area contributed by atoms with Crippen LogP contribution in [0.1, 0.15) is 11.1 Å². The Balaban J connectivity index is 1.24. The van der Waals surface area contributed by atoms with Gasteiger partial charge in [0.05, 0.1) is 22.3 Å². The van der Waals surface area contributed by atoms with E-state index in [-0.39, 0.29) is 17.8 Å². The predicted molar refractivity (Wildman–Crippen MR) is 154 cm³/mol. The Morgan fingerprint density at radius 2 is 1.79 bits per heavy atom. The third-order valence-electron chi connectivity index (χ3n) is 7.52. The molecule has 6 rings (SSSR count). The van der Waals surface area contributed by atoms with Gasteiger partial charge < -0.3 is 25.8 Å². The average molecular weight is 579 g/mol. The number of nitrogens with two attached hydrogens (primary N) is 1. The van der Waals surface area contributed by atoms with Gasteiger partial charge in [0.2, 0.25) is 0 Å². The molecule has 42 heavy (non-hydrogen) atoms. The monoisotopic (exact) mass is 578 g/mol. The second-order valence-corrected chi connectivity index (χ2v) is 10.4. The van der Waals surface area contributed by atoms with E-state index in [0.29, 0.717) is 41.3 Å². The minimum Gasteiger partial charge on any atom is -0.383 e. The minimum absolute atomic E-state index is 0.0316. The lowest BCUT2D eigenvalue weighted by molar-refractivity contribution is -0.138. The van der Waals surface area contributed by atoms with Crippen molar-refractivity contribution in [3.8, 4) is 11.3 Å². The standard InChI is InChI=1S/C28H29F3N10O/c1-38-9-11-40(12-10-38)14-17-3-4-18(13-20(17)28(29,30)31)36-27(42)37-21-5-6-22(41-8-7-33-25(21)41)19-15-39(2)26-23(19)24(32)34-16-35-26/h3-8,13,15-16H,9-12,14H2,1-2H3,(H2,32,34,35)(H2,36,37,42). The number of carbonyl (C=O) groups is 1. The van der Waals surface area contributed by atoms with Crippen LogP contribution in [-0.4, -0.2) is 73.0 Å². The molecule has 0 saturated carbocycles. The van der Waals surface area contributed by atoms with Crippen LogP contribution in [0, 0.1) is 0 Å². The number of aromatic nitrogens is 5. The Morgan fingerprint density at radius 3 is 2.55 bits per heavy atom. The van der Waals surface area contributed by atoms with Gasteiger partial charge in [0, 0.05) is 69.6 Å². The van der Waals surface area contributed by atoms with Crippen molar-refractivity contribution in [1.29, 1.82) is 0 Å². The molecule has 1 saturated heterocycles. The normalized spacial score (nSPS) is 15.0. The van der Waals surface area contributed by atoms with E-state index in [2.05, 4.69) is 30.5 Å². The fourth-order valence-corrected chi connectivity index (χ4v) is 5.35. The summed E-state index contributed by atoms with van der Waals surface area (Å²) in [6.07, 6.45) is 2.04. The van der Waals surface area contributed by atoms with Crippen LogP contribution in [0.5, 0.6) is 0 Å². The summed E-state index contributed by atoms with van der Waals surface area (Å²) in [4.78, 5) is 29.9. The molecule has 0 unspecified atom stereocenters. The maximum Gasteiger partial charge on any atom is 0.416 e. The van der Waals surface area contributed by atoms with Crippen LogP contribution in [0.4, 0.5) is 35.2 Å². The van der Waals surface area contributed by atoms with Crippen molar-refractivity contribution in [1.82, 2.24) is 33.7 Å². The molecule has 1 fully saturated rings. The molecule has 218 valence electrons. The number of benzene rings is 1. The van der Waals surface area contributed by atoms with Gasteiger partial charge in [-0.2, -0.15) is 13.2 Å². The number of nitrogens with one attached hydrogen (secondary N) is 2. The van der Waals surface area contributed by atoms with Gasteiger partial charge in [-0.15, -0.1) is 0 Å². The van der Waals surface area contributed by atoms with E-state index in [1.807, 2.05) is 29.8 Å². The molecule has 2 amide bonds. The molecule has 11 nitrogen and oxygen atoms in total. The lowest BCUT2D eigenvalue weighted by atomic mass is 10.0. The van der Waals surface area contributed by atoms with Crippen molar-refractivity contribution in [2.75, 3.05) is 49.6 Å². The number of nitrogens with zero attached hydrogens (tertiary/aromatic N) is 7. The summed E-state index contributed by atoms with van der Waals surface area (Å²) in [7, 11) is 3.85. The Hall–Kier alpha value is -4.69. The van der Waals surface area contributed by atoms with E-state index in [4.69, 9.17) is 5.73 Å². The molecule has 5 aromatic rings. The zero-order chi connectivity index (χ0) is 29.6. The largest absolute Gasteiger partial charge is 0.416 e. The van der Waals surface area contributed by atoms with Crippen LogP contribution in [0.25, 0.3) is 27.9 Å². The maximum atomic E-state index is 14.0. The second kappa shape index (κ2) is 10.6. The van der Waals surface area contributed by atoms with Gasteiger partial charge in [-0.25, -0.2) is 19.7 Å². The van der Waals surface area contributed by atoms with Crippen molar-refractivity contribution < 1.29 is 18.0 Å². The third-order valence-corrected chi connectivity index (χ3v) is 7.52. The smallest absolute Gasteiger partial charge is 0.383 e. The van der Waals surface area contributed by atoms with Crippen molar-refractivity contribution in [2.24, 2.45) is 7.05 Å². The number of imidazole rings is 1. The number of hydrogen-bond donors (Lipinski definition) is 3. The SMILES string of the molecule is CN1CCN(Cc2ccc(NC(=O)Nc3ccc(-c4cn(C)c5ncnc(N)c45)n4ccnc34)cc2C(F)(F)F)CC1. The van der Waals surface area contributed by atoms with E-state index < -0.39 is 17.8 Å². The number of piperazine rings is 1. The number of aryl methyl sites for hydroxylation is 1. The fraction of sp³-hybridized carbons (Fsp3) is 0.286. The van der Waals surface area contributed by atoms with Gasteiger partial charge in [-0.3, -0.25) is 9.30 Å². The first kappa shape index (κ1) is 27.5. The molecule has 0 bridgehead atoms. The van der Waals surface area contributed by atoms with Gasteiger partial charge in [0.1, 0.15) is 17.8 Å². The summed E-state index contributed by atoms with van der Waals surface area (Å²) in [6.45, 7) is 3.18. The van der Waals surface area contributed by atoms with Crippen molar-refractivity contribution in [3.63, 3.8) is 0 Å². The molecule has 1 aromatic carbocycles. The van der Waals surface area contributed by atoms with Gasteiger partial charge in [-0.1, -0.05) is 6.07 Å². The lowest BCUT2D eigenvalue weighted by Crippen LogP contribution is -2.44. The van der Waals surface area contributed by atoms with Crippen molar-refractivity contribution in [2.45, 2.75) is 12.7 Å². The molecule has 0 atom stereocenters. The average Bonchev–Trinajstić information content (AvgIpc) is 3.57. The maximum absolute atomic E-state index is 14.0. The molecular weight excluding hydrogens is 549 g/mol. The highest BCUT2D eigenvalue weighted by atomic mass is 19.4. The van der Waals surface area contributed by atoms with Crippen LogP contribution in [0.15, 0.2) is 55.2 Å². The number of hydrogen-bond acceptors (Lipinski definition) is 7. The Morgan fingerprint density at radius 1 is 1.00 bits per heavy atom. The Labute approximate surface area is 238 Å². The van der Waals surface area contributed by atoms with Gasteiger partial charge in [0.25, 0.3) is 0 Å². The van der Waals surface area contributed by atoms with E-state index >= 15 is 0 Å². The summed E-state index contributed by atoms with van der Waals surface area (Å²) in [5.41, 5.74) is 8.60. The molecule has 4 N–H and O–H groups in total. The number of carbonyl (C=O) groups excluding carboxylic acids is 1. The molecule has 5 heterocycles. The molecular formula is C28H29F3N10O. The zero-order valence-corrected chi connectivity index (χ0v) is 23.0. The van der Waals surface area contributed by atoms with Crippen molar-refractivity contribution in [3.05, 3.63) is 66.4 Å². The molecule has 0 aliphatic carbocycles. The highest BCUT2D eigenvalue weighted by Gasteiger charge is 2.34. The predicted octanol–water partition coefficient (Wildman–Crippen LogP) is 4.28. The summed E-state index contributed by atoms with van der Waals surface area (Å²) in [5, 5.41) is 5.93. The topological polar surface area (TPSA) is 122 Å². The van der Waals surface area contributed by atoms with E-state index in [0.717, 1.165) is 30.4 Å². The first-order valence-electron chi connectivity index (χ1n) is 13.3. The van der Waals surface area contributed by atoms with E-state index in [9.17, 15) is 18.0 Å². The van der Waals surface area contributed by atoms with Gasteiger partial charge >= 0.3 is 12.2 Å². The number of amides is 2. The Bertz CT molecular complexity index is 1790. The summed E-state index contributed by atoms with van der Waals surface area (Å²) >= 11 is 0. The third kappa shape index (κ3) is 5.21. The summed E-state index contributed by atoms with van der Waals surface area (Å²) in [5.74, 6) is 0.332. The van der Waals surface area contributed by atoms with Crippen LogP contribution >= 0.6 is 0 Å². The number of rotatable bonds is 5. The molecule has 1 aliphatic heterocycles. The number of fused-ring (bicyclic) bond motifs is 2. The quantitative estimate of drug-likeness (QED) is 0.285. The number of urea groups is 1. The lowest BCUT2D eigenvalue weighted by Gasteiger charge is -2.33. The second-order valence-electron chi connectivity index (χ2n) is 10.4. The summed E-state index contributed by atoms with van der Waals surface area (Å²) in [6, 6.07) is 6.66. The fourth-order valence-electron chi connectivity index (χ4n) is 5.35. The summed E-state index contributed by atoms with van der Waals surface area (Å²) < 4.78 is 45.6. The molecule has 14 heteroatoms. The van der Waals surface area contributed by atoms with Crippen LogP contribution in [0.2, 0.25) is 0 Å². The number of pyridine rings is 1. The minimum atomic E-state index is -4.57. The number of halogens is 3. The van der Waals surface area contributed by atoms with Crippen LogP contribution < -0.4 is 16.4 Å².